The van der Waals surface area contributed by atoms with Gasteiger partial charge in [-0.25, -0.2) is 9.67 Å². The molecule has 1 unspecified atom stereocenters. The van der Waals surface area contributed by atoms with Crippen molar-refractivity contribution in [2.24, 2.45) is 11.7 Å². The molecule has 0 saturated heterocycles. The van der Waals surface area contributed by atoms with Crippen LogP contribution in [0.3, 0.4) is 0 Å². The van der Waals surface area contributed by atoms with Crippen molar-refractivity contribution >= 4 is 0 Å². The first-order valence-corrected chi connectivity index (χ1v) is 4.96. The lowest BCUT2D eigenvalue weighted by Gasteiger charge is -2.20. The van der Waals surface area contributed by atoms with E-state index in [2.05, 4.69) is 17.0 Å². The maximum absolute atomic E-state index is 5.64. The second-order valence-corrected chi connectivity index (χ2v) is 3.62. The van der Waals surface area contributed by atoms with Crippen molar-refractivity contribution in [3.8, 4) is 0 Å². The van der Waals surface area contributed by atoms with Crippen molar-refractivity contribution in [2.75, 3.05) is 6.54 Å². The van der Waals surface area contributed by atoms with E-state index in [0.717, 1.165) is 37.6 Å². The van der Waals surface area contributed by atoms with Gasteiger partial charge in [-0.1, -0.05) is 6.92 Å². The first kappa shape index (κ1) is 8.69. The number of aryl methyl sites for hydroxylation is 2. The third-order valence-corrected chi connectivity index (χ3v) is 2.65. The molecule has 0 saturated carbocycles. The predicted octanol–water partition coefficient (Wildman–Crippen LogP) is 0.362. The van der Waals surface area contributed by atoms with Crippen molar-refractivity contribution in [1.82, 2.24) is 14.8 Å². The van der Waals surface area contributed by atoms with Crippen LogP contribution in [0.25, 0.3) is 0 Å². The van der Waals surface area contributed by atoms with E-state index in [1.807, 2.05) is 4.68 Å². The number of rotatable bonds is 2. The Kier molecular flexibility index (Phi) is 2.31. The average Bonchev–Trinajstić information content (AvgIpc) is 2.58. The van der Waals surface area contributed by atoms with Crippen LogP contribution in [-0.2, 0) is 19.4 Å². The van der Waals surface area contributed by atoms with E-state index in [1.54, 1.807) is 0 Å². The third-order valence-electron chi connectivity index (χ3n) is 2.65. The van der Waals surface area contributed by atoms with Gasteiger partial charge < -0.3 is 5.73 Å². The van der Waals surface area contributed by atoms with Gasteiger partial charge in [0, 0.05) is 19.4 Å². The summed E-state index contributed by atoms with van der Waals surface area (Å²) in [5.41, 5.74) is 5.64. The van der Waals surface area contributed by atoms with Gasteiger partial charge in [-0.2, -0.15) is 5.10 Å². The van der Waals surface area contributed by atoms with Crippen LogP contribution in [0.15, 0.2) is 0 Å². The van der Waals surface area contributed by atoms with E-state index in [1.165, 1.54) is 6.42 Å². The quantitative estimate of drug-likeness (QED) is 0.715. The van der Waals surface area contributed by atoms with E-state index in [0.29, 0.717) is 5.92 Å². The molecule has 0 amide bonds. The molecule has 13 heavy (non-hydrogen) atoms. The molecule has 0 bridgehead atoms. The fourth-order valence-corrected chi connectivity index (χ4v) is 1.77. The summed E-state index contributed by atoms with van der Waals surface area (Å²) in [6.45, 7) is 3.81. The van der Waals surface area contributed by atoms with Gasteiger partial charge in [0.05, 0.1) is 0 Å². The molecule has 4 heteroatoms. The zero-order valence-electron chi connectivity index (χ0n) is 8.03. The van der Waals surface area contributed by atoms with E-state index in [-0.39, 0.29) is 0 Å². The Hall–Kier alpha value is -0.900. The Morgan fingerprint density at radius 3 is 3.15 bits per heavy atom. The fourth-order valence-electron chi connectivity index (χ4n) is 1.77. The van der Waals surface area contributed by atoms with Crippen molar-refractivity contribution in [3.63, 3.8) is 0 Å². The molecule has 72 valence electrons. The number of hydrogen-bond donors (Lipinski definition) is 1. The Labute approximate surface area is 78.1 Å². The molecule has 0 aliphatic carbocycles. The third kappa shape index (κ3) is 1.58. The van der Waals surface area contributed by atoms with Crippen molar-refractivity contribution in [1.29, 1.82) is 0 Å². The SMILES string of the molecule is CCc1nc2n(n1)CC(CN)CC2. The number of fused-ring (bicyclic) bond motifs is 1. The van der Waals surface area contributed by atoms with Gasteiger partial charge in [0.2, 0.25) is 0 Å². The highest BCUT2D eigenvalue weighted by Gasteiger charge is 2.19. The summed E-state index contributed by atoms with van der Waals surface area (Å²) in [6.07, 6.45) is 3.13. The summed E-state index contributed by atoms with van der Waals surface area (Å²) in [5.74, 6) is 2.70. The van der Waals surface area contributed by atoms with Crippen LogP contribution in [-0.4, -0.2) is 21.3 Å². The van der Waals surface area contributed by atoms with Crippen molar-refractivity contribution in [2.45, 2.75) is 32.7 Å². The highest BCUT2D eigenvalue weighted by atomic mass is 15.4. The van der Waals surface area contributed by atoms with Gasteiger partial charge in [-0.3, -0.25) is 0 Å². The monoisotopic (exact) mass is 180 g/mol. The molecule has 2 rings (SSSR count). The number of hydrogen-bond acceptors (Lipinski definition) is 3. The topological polar surface area (TPSA) is 56.7 Å². The van der Waals surface area contributed by atoms with Crippen LogP contribution in [0.1, 0.15) is 25.0 Å². The fraction of sp³-hybridized carbons (Fsp3) is 0.778. The number of nitrogens with two attached hydrogens (primary N) is 1. The van der Waals surface area contributed by atoms with Gasteiger partial charge in [0.25, 0.3) is 0 Å². The summed E-state index contributed by atoms with van der Waals surface area (Å²) in [4.78, 5) is 4.45. The molecular formula is C9H16N4. The normalized spacial score (nSPS) is 21.5. The Bertz CT molecular complexity index is 292. The van der Waals surface area contributed by atoms with Gasteiger partial charge in [-0.05, 0) is 18.9 Å². The molecular weight excluding hydrogens is 164 g/mol. The summed E-state index contributed by atoms with van der Waals surface area (Å²) in [5, 5.41) is 4.42. The molecule has 0 spiro atoms. The first-order chi connectivity index (χ1) is 6.33. The van der Waals surface area contributed by atoms with Crippen LogP contribution < -0.4 is 5.73 Å². The van der Waals surface area contributed by atoms with E-state index < -0.39 is 0 Å². The van der Waals surface area contributed by atoms with Gasteiger partial charge in [0.1, 0.15) is 5.82 Å². The Morgan fingerprint density at radius 2 is 2.46 bits per heavy atom. The predicted molar refractivity (Wildman–Crippen MR) is 50.3 cm³/mol. The molecule has 1 aromatic heterocycles. The molecule has 1 aliphatic heterocycles. The Morgan fingerprint density at radius 1 is 1.62 bits per heavy atom. The Balaban J connectivity index is 2.19. The van der Waals surface area contributed by atoms with Gasteiger partial charge in [-0.15, -0.1) is 0 Å². The minimum atomic E-state index is 0.596. The van der Waals surface area contributed by atoms with Crippen LogP contribution in [0.2, 0.25) is 0 Å². The smallest absolute Gasteiger partial charge is 0.150 e. The molecule has 2 N–H and O–H groups in total. The second-order valence-electron chi connectivity index (χ2n) is 3.62. The van der Waals surface area contributed by atoms with Gasteiger partial charge >= 0.3 is 0 Å². The lowest BCUT2D eigenvalue weighted by atomic mass is 10.0. The molecule has 1 atom stereocenters. The van der Waals surface area contributed by atoms with Gasteiger partial charge in [0.15, 0.2) is 5.82 Å². The maximum Gasteiger partial charge on any atom is 0.150 e. The molecule has 1 aromatic rings. The average molecular weight is 180 g/mol. The molecule has 2 heterocycles. The standard InChI is InChI=1S/C9H16N4/c1-2-8-11-9-4-3-7(5-10)6-13(9)12-8/h7H,2-6,10H2,1H3. The molecule has 1 aliphatic rings. The largest absolute Gasteiger partial charge is 0.330 e. The summed E-state index contributed by atoms with van der Waals surface area (Å²) in [6, 6.07) is 0. The second kappa shape index (κ2) is 3.46. The molecule has 4 nitrogen and oxygen atoms in total. The highest BCUT2D eigenvalue weighted by molar-refractivity contribution is 4.96. The molecule has 0 fully saturated rings. The summed E-state index contributed by atoms with van der Waals surface area (Å²) >= 11 is 0. The zero-order chi connectivity index (χ0) is 9.26. The lowest BCUT2D eigenvalue weighted by molar-refractivity contribution is 0.349. The lowest BCUT2D eigenvalue weighted by Crippen LogP contribution is -2.27. The zero-order valence-corrected chi connectivity index (χ0v) is 8.03. The van der Waals surface area contributed by atoms with Crippen LogP contribution in [0.4, 0.5) is 0 Å². The molecule has 0 radical (unpaired) electrons. The highest BCUT2D eigenvalue weighted by Crippen LogP contribution is 2.17. The first-order valence-electron chi connectivity index (χ1n) is 4.96. The van der Waals surface area contributed by atoms with Crippen molar-refractivity contribution in [3.05, 3.63) is 11.6 Å². The van der Waals surface area contributed by atoms with E-state index in [4.69, 9.17) is 5.73 Å². The molecule has 0 aromatic carbocycles. The van der Waals surface area contributed by atoms with E-state index >= 15 is 0 Å². The minimum Gasteiger partial charge on any atom is -0.330 e. The number of aromatic nitrogens is 3. The van der Waals surface area contributed by atoms with Crippen LogP contribution in [0, 0.1) is 5.92 Å². The van der Waals surface area contributed by atoms with Crippen LogP contribution >= 0.6 is 0 Å². The summed E-state index contributed by atoms with van der Waals surface area (Å²) in [7, 11) is 0. The van der Waals surface area contributed by atoms with E-state index in [9.17, 15) is 0 Å². The minimum absolute atomic E-state index is 0.596. The maximum atomic E-state index is 5.64. The number of nitrogens with zero attached hydrogens (tertiary/aromatic N) is 3. The summed E-state index contributed by atoms with van der Waals surface area (Å²) < 4.78 is 2.03. The van der Waals surface area contributed by atoms with Crippen LogP contribution in [0.5, 0.6) is 0 Å². The van der Waals surface area contributed by atoms with Crippen molar-refractivity contribution < 1.29 is 0 Å².